The Morgan fingerprint density at radius 3 is 2.42 bits per heavy atom. The Labute approximate surface area is 187 Å². The maximum absolute atomic E-state index is 13.6. The molecule has 176 valence electrons. The van der Waals surface area contributed by atoms with E-state index in [1.165, 1.54) is 12.1 Å². The molecule has 1 fully saturated rings. The fraction of sp³-hybridized carbons (Fsp3) is 0.350. The minimum atomic E-state index is -4.91. The van der Waals surface area contributed by atoms with E-state index in [2.05, 4.69) is 5.32 Å². The Kier molecular flexibility index (Phi) is 6.76. The van der Waals surface area contributed by atoms with Crippen LogP contribution >= 0.6 is 11.6 Å². The van der Waals surface area contributed by atoms with E-state index < -0.39 is 46.4 Å². The molecule has 1 heterocycles. The molecule has 3 atom stereocenters. The van der Waals surface area contributed by atoms with Crippen LogP contribution < -0.4 is 10.1 Å². The minimum absolute atomic E-state index is 0.00815. The lowest BCUT2D eigenvalue weighted by Crippen LogP contribution is -2.44. The predicted molar refractivity (Wildman–Crippen MR) is 104 cm³/mol. The van der Waals surface area contributed by atoms with Crippen molar-refractivity contribution in [1.82, 2.24) is 5.32 Å². The number of nitrogens with zero attached hydrogens (tertiary/aromatic N) is 2. The lowest BCUT2D eigenvalue weighted by atomic mass is 9.88. The van der Waals surface area contributed by atoms with Crippen LogP contribution in [0.15, 0.2) is 36.4 Å². The number of hydrogen-bond acceptors (Lipinski definition) is 5. The van der Waals surface area contributed by atoms with E-state index in [0.29, 0.717) is 6.07 Å². The van der Waals surface area contributed by atoms with E-state index in [1.807, 2.05) is 0 Å². The van der Waals surface area contributed by atoms with Gasteiger partial charge in [-0.05, 0) is 30.2 Å². The Morgan fingerprint density at radius 1 is 1.18 bits per heavy atom. The van der Waals surface area contributed by atoms with Crippen LogP contribution in [0.1, 0.15) is 29.0 Å². The van der Waals surface area contributed by atoms with E-state index in [1.54, 1.807) is 0 Å². The number of alkyl halides is 6. The molecule has 1 unspecified atom stereocenters. The highest BCUT2D eigenvalue weighted by Gasteiger charge is 2.51. The van der Waals surface area contributed by atoms with Gasteiger partial charge in [-0.2, -0.15) is 31.6 Å². The van der Waals surface area contributed by atoms with E-state index in [4.69, 9.17) is 21.6 Å². The van der Waals surface area contributed by atoms with Crippen LogP contribution in [0.3, 0.4) is 0 Å². The van der Waals surface area contributed by atoms with Gasteiger partial charge in [0, 0.05) is 24.1 Å². The molecule has 0 radical (unpaired) electrons. The summed E-state index contributed by atoms with van der Waals surface area (Å²) in [5.41, 5.74) is -2.51. The molecule has 0 amide bonds. The predicted octanol–water partition coefficient (Wildman–Crippen LogP) is 5.59. The normalized spacial score (nSPS) is 21.0. The largest absolute Gasteiger partial charge is 0.490 e. The van der Waals surface area contributed by atoms with Crippen LogP contribution in [0.25, 0.3) is 0 Å². The average molecular weight is 494 g/mol. The van der Waals surface area contributed by atoms with Gasteiger partial charge in [-0.25, -0.2) is 0 Å². The van der Waals surface area contributed by atoms with Crippen LogP contribution in [0.4, 0.5) is 32.0 Å². The summed E-state index contributed by atoms with van der Waals surface area (Å²) in [4.78, 5) is 10.1. The Balaban J connectivity index is 1.83. The smallest absolute Gasteiger partial charge is 0.417 e. The number of rotatable bonds is 5. The molecule has 33 heavy (non-hydrogen) atoms. The van der Waals surface area contributed by atoms with Gasteiger partial charge in [0.1, 0.15) is 18.4 Å². The molecule has 1 saturated heterocycles. The van der Waals surface area contributed by atoms with Crippen molar-refractivity contribution in [2.24, 2.45) is 0 Å². The topological polar surface area (TPSA) is 88.2 Å². The van der Waals surface area contributed by atoms with Crippen LogP contribution in [0.2, 0.25) is 5.02 Å². The van der Waals surface area contributed by atoms with Gasteiger partial charge in [-0.1, -0.05) is 17.7 Å². The Morgan fingerprint density at radius 2 is 1.88 bits per heavy atom. The second-order valence-corrected chi connectivity index (χ2v) is 7.73. The van der Waals surface area contributed by atoms with Crippen LogP contribution in [0, 0.1) is 21.4 Å². The number of hydrogen-bond donors (Lipinski definition) is 1. The van der Waals surface area contributed by atoms with Crippen molar-refractivity contribution in [2.75, 3.05) is 6.61 Å². The summed E-state index contributed by atoms with van der Waals surface area (Å²) >= 11 is 5.91. The number of benzene rings is 2. The molecule has 2 aromatic carbocycles. The minimum Gasteiger partial charge on any atom is -0.490 e. The molecule has 1 aliphatic rings. The van der Waals surface area contributed by atoms with Gasteiger partial charge in [0.2, 0.25) is 0 Å². The molecule has 0 aromatic heterocycles. The number of non-ortho nitro benzene ring substituents is 1. The fourth-order valence-corrected chi connectivity index (χ4v) is 3.91. The maximum Gasteiger partial charge on any atom is 0.417 e. The fourth-order valence-electron chi connectivity index (χ4n) is 3.68. The molecule has 2 aromatic rings. The number of nitro benzene ring substituents is 1. The summed E-state index contributed by atoms with van der Waals surface area (Å²) < 4.78 is 86.1. The third-order valence-corrected chi connectivity index (χ3v) is 5.47. The van der Waals surface area contributed by atoms with Crippen molar-refractivity contribution in [3.8, 4) is 11.8 Å². The number of nitriles is 1. The molecule has 0 spiro atoms. The van der Waals surface area contributed by atoms with Crippen LogP contribution in [0.5, 0.6) is 5.75 Å². The molecule has 6 nitrogen and oxygen atoms in total. The first-order valence-corrected chi connectivity index (χ1v) is 9.69. The maximum atomic E-state index is 13.6. The molecule has 0 bridgehead atoms. The van der Waals surface area contributed by atoms with Gasteiger partial charge >= 0.3 is 12.4 Å². The third-order valence-electron chi connectivity index (χ3n) is 5.17. The molecule has 1 aliphatic heterocycles. The second-order valence-electron chi connectivity index (χ2n) is 7.32. The molecule has 3 rings (SSSR count). The number of nitrogens with one attached hydrogen (secondary N) is 1. The molecule has 13 heteroatoms. The van der Waals surface area contributed by atoms with Crippen molar-refractivity contribution >= 4 is 17.3 Å². The van der Waals surface area contributed by atoms with Crippen LogP contribution in [-0.2, 0) is 6.18 Å². The van der Waals surface area contributed by atoms with Crippen molar-refractivity contribution < 1.29 is 36.0 Å². The van der Waals surface area contributed by atoms with Crippen molar-refractivity contribution in [3.05, 3.63) is 68.2 Å². The summed E-state index contributed by atoms with van der Waals surface area (Å²) in [7, 11) is 0. The van der Waals surface area contributed by atoms with E-state index in [0.717, 1.165) is 24.3 Å². The Bertz CT molecular complexity index is 1100. The van der Waals surface area contributed by atoms with Gasteiger partial charge in [0.05, 0.1) is 27.1 Å². The quantitative estimate of drug-likeness (QED) is 0.333. The standard InChI is InChI=1S/C20H14ClF6N3O3/c21-16-7-13(30(31)32)3-4-17(16)33-9-12-6-14(18(29-12)20(25,26)27)10-1-2-11(8-28)15(5-10)19(22,23)24/h1-5,7,12,14,18,29H,6,9H2/t12-,14?,18+/m0/s1. The highest BCUT2D eigenvalue weighted by atomic mass is 35.5. The number of halogens is 7. The second kappa shape index (κ2) is 9.07. The monoisotopic (exact) mass is 493 g/mol. The van der Waals surface area contributed by atoms with E-state index in [-0.39, 0.29) is 35.1 Å². The van der Waals surface area contributed by atoms with Crippen molar-refractivity contribution in [3.63, 3.8) is 0 Å². The van der Waals surface area contributed by atoms with Crippen LogP contribution in [-0.4, -0.2) is 29.8 Å². The van der Waals surface area contributed by atoms with E-state index >= 15 is 0 Å². The third kappa shape index (κ3) is 5.48. The summed E-state index contributed by atoms with van der Waals surface area (Å²) in [6, 6.07) is 4.18. The zero-order chi connectivity index (χ0) is 24.6. The van der Waals surface area contributed by atoms with Gasteiger partial charge in [-0.3, -0.25) is 15.4 Å². The molecule has 0 aliphatic carbocycles. The van der Waals surface area contributed by atoms with Gasteiger partial charge in [0.15, 0.2) is 0 Å². The van der Waals surface area contributed by atoms with E-state index in [9.17, 15) is 36.5 Å². The average Bonchev–Trinajstić information content (AvgIpc) is 3.16. The molecule has 1 N–H and O–H groups in total. The first-order valence-electron chi connectivity index (χ1n) is 9.32. The highest BCUT2D eigenvalue weighted by molar-refractivity contribution is 6.32. The summed E-state index contributed by atoms with van der Waals surface area (Å²) in [5.74, 6) is -1.35. The first kappa shape index (κ1) is 24.6. The summed E-state index contributed by atoms with van der Waals surface area (Å²) in [6.45, 7) is -0.316. The molecular weight excluding hydrogens is 480 g/mol. The first-order chi connectivity index (χ1) is 15.3. The summed E-state index contributed by atoms with van der Waals surface area (Å²) in [5, 5.41) is 21.9. The van der Waals surface area contributed by atoms with Crippen molar-refractivity contribution in [2.45, 2.75) is 36.8 Å². The zero-order valence-electron chi connectivity index (χ0n) is 16.4. The lowest BCUT2D eigenvalue weighted by Gasteiger charge is -2.23. The lowest BCUT2D eigenvalue weighted by molar-refractivity contribution is -0.384. The number of ether oxygens (including phenoxy) is 1. The van der Waals surface area contributed by atoms with Gasteiger partial charge in [0.25, 0.3) is 5.69 Å². The molecule has 0 saturated carbocycles. The van der Waals surface area contributed by atoms with Gasteiger partial charge < -0.3 is 4.74 Å². The summed E-state index contributed by atoms with van der Waals surface area (Å²) in [6.07, 6.45) is -9.88. The Hall–Kier alpha value is -3.04. The van der Waals surface area contributed by atoms with Crippen molar-refractivity contribution in [1.29, 1.82) is 5.26 Å². The zero-order valence-corrected chi connectivity index (χ0v) is 17.1. The molecular formula is C20H14ClF6N3O3. The van der Waals surface area contributed by atoms with Gasteiger partial charge in [-0.15, -0.1) is 0 Å². The highest BCUT2D eigenvalue weighted by Crippen LogP contribution is 2.42. The SMILES string of the molecule is N#Cc1ccc(C2C[C@@H](COc3ccc([N+](=O)[O-])cc3Cl)N[C@H]2C(F)(F)F)cc1C(F)(F)F. The number of nitro groups is 1.